The maximum Gasteiger partial charge on any atom is 0.220 e. The van der Waals surface area contributed by atoms with Crippen molar-refractivity contribution in [3.8, 4) is 0 Å². The Balaban J connectivity index is 2.26. The zero-order chi connectivity index (χ0) is 48.0. The van der Waals surface area contributed by atoms with Crippen LogP contribution in [0.5, 0.6) is 0 Å². The Hall–Kier alpha value is -1.85. The first-order valence-corrected chi connectivity index (χ1v) is 27.9. The van der Waals surface area contributed by atoms with Gasteiger partial charge >= 0.3 is 0 Å². The second kappa shape index (κ2) is 46.9. The fraction of sp³-hybridized carbons (Fsp3) is 0.842. The normalized spacial score (nSPS) is 20.1. The summed E-state index contributed by atoms with van der Waals surface area (Å²) in [5.41, 5.74) is 0. The van der Waals surface area contributed by atoms with Gasteiger partial charge in [0.25, 0.3) is 0 Å². The molecule has 7 unspecified atom stereocenters. The van der Waals surface area contributed by atoms with Crippen LogP contribution in [0.4, 0.5) is 0 Å². The summed E-state index contributed by atoms with van der Waals surface area (Å²) in [4.78, 5) is 13.0. The zero-order valence-corrected chi connectivity index (χ0v) is 42.7. The lowest BCUT2D eigenvalue weighted by Crippen LogP contribution is -2.60. The lowest BCUT2D eigenvalue weighted by atomic mass is 9.99. The Labute approximate surface area is 405 Å². The van der Waals surface area contributed by atoms with Crippen molar-refractivity contribution >= 4 is 5.91 Å². The summed E-state index contributed by atoms with van der Waals surface area (Å²) >= 11 is 0. The molecule has 1 aliphatic rings. The van der Waals surface area contributed by atoms with Crippen molar-refractivity contribution in [2.75, 3.05) is 13.2 Å². The van der Waals surface area contributed by atoms with Gasteiger partial charge in [-0.25, -0.2) is 0 Å². The fourth-order valence-corrected chi connectivity index (χ4v) is 8.65. The van der Waals surface area contributed by atoms with Crippen LogP contribution < -0.4 is 5.32 Å². The Morgan fingerprint density at radius 3 is 1.27 bits per heavy atom. The number of hydrogen-bond acceptors (Lipinski definition) is 8. The molecule has 0 saturated carbocycles. The Morgan fingerprint density at radius 1 is 0.500 bits per heavy atom. The molecule has 0 aliphatic carbocycles. The number of aliphatic hydroxyl groups excluding tert-OH is 5. The van der Waals surface area contributed by atoms with E-state index in [2.05, 4.69) is 55.6 Å². The third-order valence-electron chi connectivity index (χ3n) is 13.1. The largest absolute Gasteiger partial charge is 0.394 e. The van der Waals surface area contributed by atoms with Gasteiger partial charge in [-0.15, -0.1) is 0 Å². The van der Waals surface area contributed by atoms with Crippen LogP contribution in [0.2, 0.25) is 0 Å². The highest BCUT2D eigenvalue weighted by Crippen LogP contribution is 2.23. The van der Waals surface area contributed by atoms with Gasteiger partial charge in [0.2, 0.25) is 5.91 Å². The van der Waals surface area contributed by atoms with Crippen LogP contribution in [-0.2, 0) is 14.3 Å². The van der Waals surface area contributed by atoms with Crippen molar-refractivity contribution in [1.82, 2.24) is 5.32 Å². The molecule has 1 aliphatic heterocycles. The second-order valence-electron chi connectivity index (χ2n) is 19.4. The quantitative estimate of drug-likeness (QED) is 0.0261. The molecule has 7 atom stereocenters. The fourth-order valence-electron chi connectivity index (χ4n) is 8.65. The molecule has 66 heavy (non-hydrogen) atoms. The van der Waals surface area contributed by atoms with Gasteiger partial charge in [0.1, 0.15) is 24.4 Å². The van der Waals surface area contributed by atoms with E-state index in [1.165, 1.54) is 167 Å². The molecule has 0 aromatic heterocycles. The molecule has 0 radical (unpaired) electrons. The van der Waals surface area contributed by atoms with Crippen LogP contribution in [-0.4, -0.2) is 87.5 Å². The van der Waals surface area contributed by atoms with Gasteiger partial charge in [-0.2, -0.15) is 0 Å². The molecule has 386 valence electrons. The van der Waals surface area contributed by atoms with Gasteiger partial charge in [0, 0.05) is 6.42 Å². The van der Waals surface area contributed by atoms with Crippen LogP contribution >= 0.6 is 0 Å². The first-order chi connectivity index (χ1) is 32.3. The van der Waals surface area contributed by atoms with Gasteiger partial charge < -0.3 is 40.3 Å². The number of aliphatic hydroxyl groups is 5. The van der Waals surface area contributed by atoms with Gasteiger partial charge in [0.05, 0.1) is 25.4 Å². The lowest BCUT2D eigenvalue weighted by Gasteiger charge is -2.40. The van der Waals surface area contributed by atoms with E-state index in [-0.39, 0.29) is 12.5 Å². The van der Waals surface area contributed by atoms with E-state index in [0.29, 0.717) is 6.42 Å². The topological polar surface area (TPSA) is 149 Å². The SMILES string of the molecule is CCCCCCCC/C=C\CCCCCCCC(=O)NC(COC1OC(CO)C(O)C(O)C1O)C(O)/C=C/CC/C=C/CC/C=C/CCCCCCCCCCCCCCCCCCCC. The molecule has 1 saturated heterocycles. The number of unbranched alkanes of at least 4 members (excludes halogenated alkanes) is 31. The Morgan fingerprint density at radius 2 is 0.864 bits per heavy atom. The van der Waals surface area contributed by atoms with Gasteiger partial charge in [-0.3, -0.25) is 4.79 Å². The smallest absolute Gasteiger partial charge is 0.220 e. The van der Waals surface area contributed by atoms with Crippen molar-refractivity contribution in [2.24, 2.45) is 0 Å². The van der Waals surface area contributed by atoms with E-state index in [9.17, 15) is 30.3 Å². The highest BCUT2D eigenvalue weighted by Gasteiger charge is 2.44. The van der Waals surface area contributed by atoms with Gasteiger partial charge in [-0.1, -0.05) is 223 Å². The molecule has 6 N–H and O–H groups in total. The summed E-state index contributed by atoms with van der Waals surface area (Å²) in [5.74, 6) is -0.199. The van der Waals surface area contributed by atoms with Crippen molar-refractivity contribution in [3.63, 3.8) is 0 Å². The molecule has 9 heteroatoms. The second-order valence-corrected chi connectivity index (χ2v) is 19.4. The number of rotatable bonds is 47. The molecule has 0 spiro atoms. The van der Waals surface area contributed by atoms with E-state index in [1.54, 1.807) is 6.08 Å². The van der Waals surface area contributed by atoms with Crippen LogP contribution in [0.15, 0.2) is 48.6 Å². The van der Waals surface area contributed by atoms with E-state index in [1.807, 2.05) is 6.08 Å². The molecule has 1 rings (SSSR count). The number of carbonyl (C=O) groups is 1. The predicted octanol–water partition coefficient (Wildman–Crippen LogP) is 13.3. The minimum absolute atomic E-state index is 0.199. The molecule has 1 heterocycles. The van der Waals surface area contributed by atoms with Gasteiger partial charge in [0.15, 0.2) is 6.29 Å². The lowest BCUT2D eigenvalue weighted by molar-refractivity contribution is -0.302. The third-order valence-corrected chi connectivity index (χ3v) is 13.1. The average Bonchev–Trinajstić information content (AvgIpc) is 3.32. The molecule has 1 amide bonds. The highest BCUT2D eigenvalue weighted by molar-refractivity contribution is 5.76. The summed E-state index contributed by atoms with van der Waals surface area (Å²) in [6.45, 7) is 3.76. The zero-order valence-electron chi connectivity index (χ0n) is 42.7. The molecule has 1 fully saturated rings. The predicted molar refractivity (Wildman–Crippen MR) is 276 cm³/mol. The number of ether oxygens (including phenoxy) is 2. The standard InChI is InChI=1S/C57H105NO8/c1-3-5-7-9-11-13-15-17-19-20-21-22-23-24-25-26-27-28-29-30-31-33-34-36-38-40-42-44-46-51(60)50(49-65-57-56(64)55(63)54(62)52(48-59)66-57)58-53(61)47-45-43-41-39-37-35-32-18-16-14-12-10-8-6-4-2/h18,30-32,36,38,44,46,50-52,54-57,59-60,62-64H,3-17,19-29,33-35,37,39-43,45,47-49H2,1-2H3,(H,58,61)/b31-30+,32-18-,38-36+,46-44+. The van der Waals surface area contributed by atoms with E-state index < -0.39 is 49.5 Å². The molecular weight excluding hydrogens is 827 g/mol. The Bertz CT molecular complexity index is 1170. The average molecular weight is 932 g/mol. The maximum absolute atomic E-state index is 13.0. The van der Waals surface area contributed by atoms with E-state index in [0.717, 1.165) is 64.2 Å². The minimum Gasteiger partial charge on any atom is -0.394 e. The number of carbonyl (C=O) groups excluding carboxylic acids is 1. The monoisotopic (exact) mass is 932 g/mol. The molecule has 0 bridgehead atoms. The molecular formula is C57H105NO8. The summed E-state index contributed by atoms with van der Waals surface area (Å²) < 4.78 is 11.2. The molecule has 0 aromatic carbocycles. The number of hydrogen-bond donors (Lipinski definition) is 6. The van der Waals surface area contributed by atoms with Gasteiger partial charge in [-0.05, 0) is 70.6 Å². The van der Waals surface area contributed by atoms with Crippen molar-refractivity contribution < 1.29 is 39.8 Å². The summed E-state index contributed by atoms with van der Waals surface area (Å²) in [6.07, 6.45) is 54.7. The van der Waals surface area contributed by atoms with Crippen LogP contribution in [0.25, 0.3) is 0 Å². The highest BCUT2D eigenvalue weighted by atomic mass is 16.7. The van der Waals surface area contributed by atoms with Crippen molar-refractivity contribution in [1.29, 1.82) is 0 Å². The molecule has 0 aromatic rings. The van der Waals surface area contributed by atoms with Crippen molar-refractivity contribution in [3.05, 3.63) is 48.6 Å². The van der Waals surface area contributed by atoms with Crippen LogP contribution in [0.3, 0.4) is 0 Å². The summed E-state index contributed by atoms with van der Waals surface area (Å²) in [5, 5.41) is 54.4. The maximum atomic E-state index is 13.0. The summed E-state index contributed by atoms with van der Waals surface area (Å²) in [6, 6.07) is -0.833. The Kier molecular flexibility index (Phi) is 44.1. The van der Waals surface area contributed by atoms with Crippen LogP contribution in [0.1, 0.15) is 251 Å². The number of allylic oxidation sites excluding steroid dienone is 7. The van der Waals surface area contributed by atoms with E-state index in [4.69, 9.17) is 9.47 Å². The minimum atomic E-state index is -1.58. The molecule has 9 nitrogen and oxygen atoms in total. The van der Waals surface area contributed by atoms with Crippen LogP contribution in [0, 0.1) is 0 Å². The van der Waals surface area contributed by atoms with E-state index >= 15 is 0 Å². The number of amides is 1. The summed E-state index contributed by atoms with van der Waals surface area (Å²) in [7, 11) is 0. The van der Waals surface area contributed by atoms with Crippen molar-refractivity contribution in [2.45, 2.75) is 294 Å². The third kappa shape index (κ3) is 36.2. The first kappa shape index (κ1) is 62.2. The first-order valence-electron chi connectivity index (χ1n) is 27.9. The number of nitrogens with one attached hydrogen (secondary N) is 1.